The highest BCUT2D eigenvalue weighted by atomic mass is 16.2. The zero-order chi connectivity index (χ0) is 14.7. The van der Waals surface area contributed by atoms with Crippen molar-refractivity contribution in [2.45, 2.75) is 26.3 Å². The highest BCUT2D eigenvalue weighted by molar-refractivity contribution is 5.89. The molecule has 0 aromatic carbocycles. The van der Waals surface area contributed by atoms with Crippen LogP contribution in [0.4, 0.5) is 10.5 Å². The van der Waals surface area contributed by atoms with Crippen LogP contribution in [0.1, 0.15) is 17.9 Å². The molecule has 0 bridgehead atoms. The molecule has 6 heteroatoms. The van der Waals surface area contributed by atoms with Crippen molar-refractivity contribution in [2.24, 2.45) is 5.92 Å². The van der Waals surface area contributed by atoms with E-state index in [1.807, 2.05) is 25.4 Å². The molecular weight excluding hydrogens is 266 g/mol. The van der Waals surface area contributed by atoms with E-state index in [9.17, 15) is 4.79 Å². The molecule has 1 aliphatic rings. The summed E-state index contributed by atoms with van der Waals surface area (Å²) in [5.41, 5.74) is 1.64. The predicted molar refractivity (Wildman–Crippen MR) is 80.0 cm³/mol. The molecule has 3 rings (SSSR count). The fraction of sp³-hybridized carbons (Fsp3) is 0.400. The number of imidazole rings is 1. The first-order valence-corrected chi connectivity index (χ1v) is 7.18. The normalized spacial score (nSPS) is 17.1. The molecule has 1 atom stereocenters. The number of hydrogen-bond donors (Lipinski definition) is 2. The van der Waals surface area contributed by atoms with Gasteiger partial charge in [0.05, 0.1) is 0 Å². The summed E-state index contributed by atoms with van der Waals surface area (Å²) in [6, 6.07) is 3.45. The maximum absolute atomic E-state index is 11.9. The molecule has 2 N–H and O–H groups in total. The first kappa shape index (κ1) is 13.6. The van der Waals surface area contributed by atoms with Gasteiger partial charge in [-0.05, 0) is 31.4 Å². The van der Waals surface area contributed by atoms with Crippen molar-refractivity contribution >= 4 is 11.7 Å². The molecule has 6 nitrogen and oxygen atoms in total. The van der Waals surface area contributed by atoms with Crippen molar-refractivity contribution in [3.8, 4) is 0 Å². The van der Waals surface area contributed by atoms with Gasteiger partial charge in [-0.25, -0.2) is 9.78 Å². The highest BCUT2D eigenvalue weighted by Crippen LogP contribution is 2.18. The largest absolute Gasteiger partial charge is 0.338 e. The van der Waals surface area contributed by atoms with Crippen molar-refractivity contribution in [3.05, 3.63) is 42.2 Å². The van der Waals surface area contributed by atoms with Crippen LogP contribution >= 0.6 is 0 Å². The summed E-state index contributed by atoms with van der Waals surface area (Å²) in [6.45, 7) is 3.54. The Balaban J connectivity index is 1.48. The smallest absolute Gasteiger partial charge is 0.319 e. The van der Waals surface area contributed by atoms with E-state index < -0.39 is 0 Å². The lowest BCUT2D eigenvalue weighted by Gasteiger charge is -2.23. The maximum atomic E-state index is 11.9. The van der Waals surface area contributed by atoms with Gasteiger partial charge in [0.25, 0.3) is 0 Å². The number of carbonyl (C=O) groups excluding carboxylic acids is 1. The Bertz CT molecular complexity index is 636. The van der Waals surface area contributed by atoms with E-state index in [2.05, 4.69) is 25.2 Å². The molecule has 0 fully saturated rings. The number of amides is 2. The molecule has 3 heterocycles. The number of pyridine rings is 1. The first-order valence-electron chi connectivity index (χ1n) is 7.18. The van der Waals surface area contributed by atoms with Gasteiger partial charge in [-0.1, -0.05) is 0 Å². The second kappa shape index (κ2) is 5.95. The van der Waals surface area contributed by atoms with Crippen molar-refractivity contribution in [2.75, 3.05) is 11.9 Å². The van der Waals surface area contributed by atoms with Gasteiger partial charge in [-0.15, -0.1) is 0 Å². The van der Waals surface area contributed by atoms with Crippen molar-refractivity contribution in [3.63, 3.8) is 0 Å². The van der Waals surface area contributed by atoms with Crippen molar-refractivity contribution < 1.29 is 4.79 Å². The monoisotopic (exact) mass is 285 g/mol. The second-order valence-electron chi connectivity index (χ2n) is 5.42. The third kappa shape index (κ3) is 3.39. The van der Waals surface area contributed by atoms with Gasteiger partial charge in [0.15, 0.2) is 0 Å². The molecule has 1 aliphatic heterocycles. The van der Waals surface area contributed by atoms with Gasteiger partial charge in [0, 0.05) is 49.5 Å². The van der Waals surface area contributed by atoms with Crippen LogP contribution in [0.3, 0.4) is 0 Å². The molecule has 2 aromatic heterocycles. The zero-order valence-electron chi connectivity index (χ0n) is 12.0. The molecule has 0 aliphatic carbocycles. The Labute approximate surface area is 123 Å². The number of fused-ring (bicyclic) bond motifs is 1. The summed E-state index contributed by atoms with van der Waals surface area (Å²) in [5.74, 6) is 1.56. The molecule has 0 unspecified atom stereocenters. The zero-order valence-corrected chi connectivity index (χ0v) is 12.0. The summed E-state index contributed by atoms with van der Waals surface area (Å²) >= 11 is 0. The number of carbonyl (C=O) groups is 1. The average molecular weight is 285 g/mol. The average Bonchev–Trinajstić information content (AvgIpc) is 2.92. The molecule has 0 saturated heterocycles. The van der Waals surface area contributed by atoms with Crippen molar-refractivity contribution in [1.82, 2.24) is 19.9 Å². The van der Waals surface area contributed by atoms with Gasteiger partial charge in [0.2, 0.25) is 0 Å². The highest BCUT2D eigenvalue weighted by Gasteiger charge is 2.19. The lowest BCUT2D eigenvalue weighted by molar-refractivity contribution is 0.248. The molecule has 21 heavy (non-hydrogen) atoms. The van der Waals surface area contributed by atoms with E-state index in [1.165, 1.54) is 0 Å². The topological polar surface area (TPSA) is 71.8 Å². The Morgan fingerprint density at radius 3 is 3.19 bits per heavy atom. The minimum absolute atomic E-state index is 0.172. The minimum atomic E-state index is -0.172. The molecule has 110 valence electrons. The SMILES string of the molecule is Cc1cc(NC(=O)NC[C@@H]2CCn3ccnc3C2)ccn1. The van der Waals surface area contributed by atoms with Gasteiger partial charge >= 0.3 is 6.03 Å². The van der Waals surface area contributed by atoms with Crippen LogP contribution in [-0.4, -0.2) is 27.1 Å². The number of nitrogens with zero attached hydrogens (tertiary/aromatic N) is 3. The van der Waals surface area contributed by atoms with Crippen LogP contribution in [0.2, 0.25) is 0 Å². The Morgan fingerprint density at radius 1 is 1.43 bits per heavy atom. The Kier molecular flexibility index (Phi) is 3.85. The van der Waals surface area contributed by atoms with E-state index in [1.54, 1.807) is 12.3 Å². The number of nitrogens with one attached hydrogen (secondary N) is 2. The number of anilines is 1. The second-order valence-corrected chi connectivity index (χ2v) is 5.42. The molecule has 2 aromatic rings. The summed E-state index contributed by atoms with van der Waals surface area (Å²) < 4.78 is 2.18. The van der Waals surface area contributed by atoms with E-state index in [0.29, 0.717) is 12.5 Å². The predicted octanol–water partition coefficient (Wildman–Crippen LogP) is 1.97. The number of hydrogen-bond acceptors (Lipinski definition) is 3. The lowest BCUT2D eigenvalue weighted by atomic mass is 9.98. The molecule has 2 amide bonds. The number of rotatable bonds is 3. The van der Waals surface area contributed by atoms with Gasteiger partial charge < -0.3 is 15.2 Å². The third-order valence-electron chi connectivity index (χ3n) is 3.76. The quantitative estimate of drug-likeness (QED) is 0.905. The van der Waals surface area contributed by atoms with E-state index in [-0.39, 0.29) is 6.03 Å². The van der Waals surface area contributed by atoms with Crippen LogP contribution in [-0.2, 0) is 13.0 Å². The van der Waals surface area contributed by atoms with Crippen LogP contribution < -0.4 is 10.6 Å². The van der Waals surface area contributed by atoms with Crippen LogP contribution in [0.25, 0.3) is 0 Å². The Hall–Kier alpha value is -2.37. The fourth-order valence-corrected chi connectivity index (χ4v) is 2.63. The number of aromatic nitrogens is 3. The van der Waals surface area contributed by atoms with E-state index >= 15 is 0 Å². The standard InChI is InChI=1S/C15H19N5O/c1-11-8-13(2-4-16-11)19-15(21)18-10-12-3-6-20-7-5-17-14(20)9-12/h2,4-5,7-8,12H,3,6,9-10H2,1H3,(H2,16,18,19,21)/t12-/m1/s1. The fourth-order valence-electron chi connectivity index (χ4n) is 2.63. The summed E-state index contributed by atoms with van der Waals surface area (Å²) in [4.78, 5) is 20.3. The first-order chi connectivity index (χ1) is 10.2. The third-order valence-corrected chi connectivity index (χ3v) is 3.76. The molecular formula is C15H19N5O. The van der Waals surface area contributed by atoms with Gasteiger partial charge in [-0.2, -0.15) is 0 Å². The molecule has 0 saturated carbocycles. The maximum Gasteiger partial charge on any atom is 0.319 e. The lowest BCUT2D eigenvalue weighted by Crippen LogP contribution is -2.35. The minimum Gasteiger partial charge on any atom is -0.338 e. The summed E-state index contributed by atoms with van der Waals surface area (Å²) in [5, 5.41) is 5.76. The van der Waals surface area contributed by atoms with E-state index in [0.717, 1.165) is 36.6 Å². The molecule has 0 spiro atoms. The van der Waals surface area contributed by atoms with Crippen LogP contribution in [0.15, 0.2) is 30.7 Å². The van der Waals surface area contributed by atoms with E-state index in [4.69, 9.17) is 0 Å². The Morgan fingerprint density at radius 2 is 2.33 bits per heavy atom. The number of urea groups is 1. The van der Waals surface area contributed by atoms with Crippen molar-refractivity contribution in [1.29, 1.82) is 0 Å². The van der Waals surface area contributed by atoms with Crippen LogP contribution in [0, 0.1) is 12.8 Å². The number of aryl methyl sites for hydroxylation is 2. The van der Waals surface area contributed by atoms with Gasteiger partial charge in [0.1, 0.15) is 5.82 Å². The summed E-state index contributed by atoms with van der Waals surface area (Å²) in [7, 11) is 0. The molecule has 0 radical (unpaired) electrons. The summed E-state index contributed by atoms with van der Waals surface area (Å²) in [6.07, 6.45) is 7.52. The van der Waals surface area contributed by atoms with Crippen LogP contribution in [0.5, 0.6) is 0 Å². The van der Waals surface area contributed by atoms with Gasteiger partial charge in [-0.3, -0.25) is 4.98 Å².